The van der Waals surface area contributed by atoms with E-state index in [0.717, 1.165) is 11.3 Å². The number of anilines is 3. The zero-order valence-corrected chi connectivity index (χ0v) is 17.8. The van der Waals surface area contributed by atoms with E-state index >= 15 is 0 Å². The number of thiophene rings is 1. The Labute approximate surface area is 183 Å². The Morgan fingerprint density at radius 1 is 1.03 bits per heavy atom. The summed E-state index contributed by atoms with van der Waals surface area (Å²) in [5.74, 6) is 0.170. The number of hydrogen-bond donors (Lipinski definition) is 2. The SMILES string of the molecule is CN(C)c1ccc(Cn2nccc2NC(=O)c2ccc(NC(=O)c3ccco3)s2)cc1. The molecule has 9 heteroatoms. The number of hydrogen-bond acceptors (Lipinski definition) is 6. The molecular formula is C22H21N5O3S. The average molecular weight is 436 g/mol. The molecule has 0 aliphatic rings. The number of nitrogens with zero attached hydrogens (tertiary/aromatic N) is 3. The summed E-state index contributed by atoms with van der Waals surface area (Å²) in [6.45, 7) is 0.533. The highest BCUT2D eigenvalue weighted by Gasteiger charge is 2.15. The number of benzene rings is 1. The first kappa shape index (κ1) is 20.4. The lowest BCUT2D eigenvalue weighted by atomic mass is 10.2. The van der Waals surface area contributed by atoms with Gasteiger partial charge in [0.1, 0.15) is 5.82 Å². The molecule has 4 aromatic rings. The molecule has 0 saturated carbocycles. The van der Waals surface area contributed by atoms with E-state index in [1.807, 2.05) is 43.3 Å². The molecule has 2 N–H and O–H groups in total. The molecule has 0 unspecified atom stereocenters. The van der Waals surface area contributed by atoms with Gasteiger partial charge in [-0.3, -0.25) is 9.59 Å². The summed E-state index contributed by atoms with van der Waals surface area (Å²) < 4.78 is 6.81. The normalized spacial score (nSPS) is 10.6. The highest BCUT2D eigenvalue weighted by atomic mass is 32.1. The molecule has 0 saturated heterocycles. The molecular weight excluding hydrogens is 414 g/mol. The van der Waals surface area contributed by atoms with Crippen LogP contribution in [0.2, 0.25) is 0 Å². The number of nitrogens with one attached hydrogen (secondary N) is 2. The molecule has 0 bridgehead atoms. The van der Waals surface area contributed by atoms with Crippen LogP contribution in [0.3, 0.4) is 0 Å². The summed E-state index contributed by atoms with van der Waals surface area (Å²) in [5.41, 5.74) is 2.19. The average Bonchev–Trinajstić information content (AvgIpc) is 3.51. The summed E-state index contributed by atoms with van der Waals surface area (Å²) in [6, 6.07) is 16.5. The van der Waals surface area contributed by atoms with E-state index in [9.17, 15) is 9.59 Å². The first-order valence-corrected chi connectivity index (χ1v) is 10.4. The van der Waals surface area contributed by atoms with Gasteiger partial charge in [-0.1, -0.05) is 12.1 Å². The minimum absolute atomic E-state index is 0.210. The van der Waals surface area contributed by atoms with E-state index in [1.54, 1.807) is 41.2 Å². The third kappa shape index (κ3) is 4.84. The summed E-state index contributed by atoms with van der Waals surface area (Å²) in [5, 5.41) is 10.5. The highest BCUT2D eigenvalue weighted by Crippen LogP contribution is 2.24. The monoisotopic (exact) mass is 435 g/mol. The Hall–Kier alpha value is -3.85. The van der Waals surface area contributed by atoms with Crippen LogP contribution in [0.4, 0.5) is 16.5 Å². The third-order valence-electron chi connectivity index (χ3n) is 4.55. The fourth-order valence-electron chi connectivity index (χ4n) is 2.92. The number of carbonyl (C=O) groups is 2. The van der Waals surface area contributed by atoms with E-state index in [1.165, 1.54) is 17.6 Å². The number of aromatic nitrogens is 2. The van der Waals surface area contributed by atoms with Gasteiger partial charge in [0.15, 0.2) is 5.76 Å². The van der Waals surface area contributed by atoms with Crippen molar-refractivity contribution < 1.29 is 14.0 Å². The van der Waals surface area contributed by atoms with E-state index in [0.29, 0.717) is 22.2 Å². The van der Waals surface area contributed by atoms with Crippen LogP contribution in [0.25, 0.3) is 0 Å². The molecule has 0 spiro atoms. The van der Waals surface area contributed by atoms with Crippen molar-refractivity contribution in [2.45, 2.75) is 6.54 Å². The van der Waals surface area contributed by atoms with Crippen LogP contribution in [-0.2, 0) is 6.54 Å². The Kier molecular flexibility index (Phi) is 5.85. The number of rotatable bonds is 7. The molecule has 3 heterocycles. The van der Waals surface area contributed by atoms with Gasteiger partial charge in [-0.2, -0.15) is 5.10 Å². The van der Waals surface area contributed by atoms with Gasteiger partial charge < -0.3 is 20.0 Å². The van der Waals surface area contributed by atoms with Crippen LogP contribution in [-0.4, -0.2) is 35.7 Å². The maximum absolute atomic E-state index is 12.7. The number of furan rings is 1. The number of amides is 2. The maximum atomic E-state index is 12.7. The second-order valence-electron chi connectivity index (χ2n) is 6.98. The quantitative estimate of drug-likeness (QED) is 0.455. The van der Waals surface area contributed by atoms with Crippen molar-refractivity contribution in [3.05, 3.63) is 83.3 Å². The molecule has 3 aromatic heterocycles. The first-order chi connectivity index (χ1) is 15.0. The van der Waals surface area contributed by atoms with Crippen molar-refractivity contribution >= 4 is 39.7 Å². The summed E-state index contributed by atoms with van der Waals surface area (Å²) in [7, 11) is 3.99. The second-order valence-corrected chi connectivity index (χ2v) is 8.07. The molecule has 0 atom stereocenters. The first-order valence-electron chi connectivity index (χ1n) is 9.54. The Balaban J connectivity index is 1.40. The van der Waals surface area contributed by atoms with Crippen molar-refractivity contribution in [1.82, 2.24) is 9.78 Å². The van der Waals surface area contributed by atoms with E-state index in [-0.39, 0.29) is 17.6 Å². The maximum Gasteiger partial charge on any atom is 0.291 e. The van der Waals surface area contributed by atoms with E-state index in [2.05, 4.69) is 15.7 Å². The highest BCUT2D eigenvalue weighted by molar-refractivity contribution is 7.18. The van der Waals surface area contributed by atoms with Crippen molar-refractivity contribution in [1.29, 1.82) is 0 Å². The Morgan fingerprint density at radius 2 is 1.84 bits per heavy atom. The Bertz CT molecular complexity index is 1180. The molecule has 0 fully saturated rings. The van der Waals surface area contributed by atoms with Gasteiger partial charge in [-0.15, -0.1) is 11.3 Å². The second kappa shape index (κ2) is 8.88. The predicted molar refractivity (Wildman–Crippen MR) is 121 cm³/mol. The molecule has 0 aliphatic carbocycles. The van der Waals surface area contributed by atoms with Crippen molar-refractivity contribution in [3.8, 4) is 0 Å². The molecule has 4 rings (SSSR count). The fourth-order valence-corrected chi connectivity index (χ4v) is 3.72. The van der Waals surface area contributed by atoms with Crippen LogP contribution in [0.15, 0.2) is 71.5 Å². The molecule has 0 radical (unpaired) electrons. The standard InChI is InChI=1S/C22H21N5O3S/c1-26(2)16-7-5-15(6-8-16)14-27-19(11-12-23-27)24-22(29)18-9-10-20(31-18)25-21(28)17-4-3-13-30-17/h3-13H,14H2,1-2H3,(H,24,29)(H,25,28). The van der Waals surface area contributed by atoms with Gasteiger partial charge in [-0.25, -0.2) is 4.68 Å². The van der Waals surface area contributed by atoms with Crippen molar-refractivity contribution in [3.63, 3.8) is 0 Å². The number of carbonyl (C=O) groups excluding carboxylic acids is 2. The zero-order valence-electron chi connectivity index (χ0n) is 17.0. The molecule has 2 amide bonds. The molecule has 158 valence electrons. The van der Waals surface area contributed by atoms with Crippen LogP contribution < -0.4 is 15.5 Å². The fraction of sp³-hybridized carbons (Fsp3) is 0.136. The van der Waals surface area contributed by atoms with Crippen molar-refractivity contribution in [2.75, 3.05) is 29.6 Å². The van der Waals surface area contributed by atoms with Gasteiger partial charge in [0, 0.05) is 25.8 Å². The van der Waals surface area contributed by atoms with Gasteiger partial charge in [0.25, 0.3) is 11.8 Å². The van der Waals surface area contributed by atoms with Gasteiger partial charge >= 0.3 is 0 Å². The molecule has 8 nitrogen and oxygen atoms in total. The van der Waals surface area contributed by atoms with Gasteiger partial charge in [-0.05, 0) is 42.0 Å². The predicted octanol–water partition coefficient (Wildman–Crippen LogP) is 4.16. The molecule has 0 aliphatic heterocycles. The topological polar surface area (TPSA) is 92.4 Å². The van der Waals surface area contributed by atoms with Crippen LogP contribution in [0.5, 0.6) is 0 Å². The summed E-state index contributed by atoms with van der Waals surface area (Å²) in [6.07, 6.45) is 3.08. The van der Waals surface area contributed by atoms with Crippen molar-refractivity contribution in [2.24, 2.45) is 0 Å². The van der Waals surface area contributed by atoms with Gasteiger partial charge in [0.05, 0.1) is 28.9 Å². The smallest absolute Gasteiger partial charge is 0.291 e. The lowest BCUT2D eigenvalue weighted by Crippen LogP contribution is -2.15. The summed E-state index contributed by atoms with van der Waals surface area (Å²) >= 11 is 1.18. The lowest BCUT2D eigenvalue weighted by molar-refractivity contribution is 0.0995. The zero-order chi connectivity index (χ0) is 21.8. The molecule has 1 aromatic carbocycles. The largest absolute Gasteiger partial charge is 0.459 e. The Morgan fingerprint density at radius 3 is 2.55 bits per heavy atom. The minimum Gasteiger partial charge on any atom is -0.459 e. The van der Waals surface area contributed by atoms with Gasteiger partial charge in [0.2, 0.25) is 0 Å². The third-order valence-corrected chi connectivity index (χ3v) is 5.55. The molecule has 31 heavy (non-hydrogen) atoms. The van der Waals surface area contributed by atoms with Crippen LogP contribution in [0.1, 0.15) is 25.8 Å². The lowest BCUT2D eigenvalue weighted by Gasteiger charge is -2.13. The van der Waals surface area contributed by atoms with E-state index in [4.69, 9.17) is 4.42 Å². The van der Waals surface area contributed by atoms with E-state index < -0.39 is 0 Å². The minimum atomic E-state index is -0.364. The van der Waals surface area contributed by atoms with Crippen LogP contribution in [0, 0.1) is 0 Å². The van der Waals surface area contributed by atoms with Crippen LogP contribution >= 0.6 is 11.3 Å². The summed E-state index contributed by atoms with van der Waals surface area (Å²) in [4.78, 5) is 27.3.